The summed E-state index contributed by atoms with van der Waals surface area (Å²) >= 11 is 0. The van der Waals surface area contributed by atoms with Crippen LogP contribution in [0.4, 0.5) is 0 Å². The van der Waals surface area contributed by atoms with Crippen molar-refractivity contribution in [3.8, 4) is 0 Å². The van der Waals surface area contributed by atoms with E-state index in [1.54, 1.807) is 0 Å². The van der Waals surface area contributed by atoms with E-state index in [9.17, 15) is 0 Å². The van der Waals surface area contributed by atoms with E-state index in [1.165, 1.54) is 65.2 Å². The predicted molar refractivity (Wildman–Crippen MR) is 82.7 cm³/mol. The molecule has 20 heavy (non-hydrogen) atoms. The summed E-state index contributed by atoms with van der Waals surface area (Å²) in [5.74, 6) is 0. The fourth-order valence-electron chi connectivity index (χ4n) is 3.78. The largest absolute Gasteiger partial charge is 0.306 e. The Morgan fingerprint density at radius 2 is 1.30 bits per heavy atom. The lowest BCUT2D eigenvalue weighted by Gasteiger charge is -2.44. The summed E-state index contributed by atoms with van der Waals surface area (Å²) in [5, 5.41) is 0. The van der Waals surface area contributed by atoms with E-state index in [2.05, 4.69) is 38.6 Å². The fraction of sp³-hybridized carbons (Fsp3) is 1.00. The van der Waals surface area contributed by atoms with Gasteiger partial charge in [-0.05, 0) is 40.0 Å². The van der Waals surface area contributed by atoms with Crippen molar-refractivity contribution in [2.75, 3.05) is 79.8 Å². The molecule has 0 N–H and O–H groups in total. The van der Waals surface area contributed by atoms with E-state index in [1.807, 2.05) is 0 Å². The lowest BCUT2D eigenvalue weighted by Crippen LogP contribution is -2.57. The van der Waals surface area contributed by atoms with Gasteiger partial charge in [-0.3, -0.25) is 19.6 Å². The molecule has 3 aliphatic heterocycles. The van der Waals surface area contributed by atoms with Crippen LogP contribution < -0.4 is 0 Å². The average Bonchev–Trinajstić information content (AvgIpc) is 2.44. The summed E-state index contributed by atoms with van der Waals surface area (Å²) in [4.78, 5) is 12.8. The Hall–Kier alpha value is -0.200. The Bertz CT molecular complexity index is 289. The molecule has 3 heterocycles. The molecule has 0 spiro atoms. The van der Waals surface area contributed by atoms with Crippen LogP contribution in [-0.2, 0) is 0 Å². The maximum Gasteiger partial charge on any atom is 0.0527 e. The minimum atomic E-state index is 0.859. The van der Waals surface area contributed by atoms with Gasteiger partial charge < -0.3 is 4.90 Å². The molecular formula is C15H31N5. The minimum absolute atomic E-state index is 0.859. The van der Waals surface area contributed by atoms with Crippen molar-refractivity contribution in [2.45, 2.75) is 18.9 Å². The van der Waals surface area contributed by atoms with E-state index in [4.69, 9.17) is 0 Å². The Labute approximate surface area is 124 Å². The molecule has 0 bridgehead atoms. The SMILES string of the molecule is CN1CCC(N2CCN(CCN3CN(C)C3)CC2)CC1. The van der Waals surface area contributed by atoms with Crippen LogP contribution in [0.5, 0.6) is 0 Å². The second kappa shape index (κ2) is 6.71. The number of likely N-dealkylation sites (tertiary alicyclic amines) is 1. The standard InChI is InChI=1S/C15H31N5/c1-16-5-3-15(4-6-16)20-11-9-18(10-12-20)7-8-19-13-17(2)14-19/h15H,3-14H2,1-2H3. The number of hydrogen-bond donors (Lipinski definition) is 0. The number of piperidine rings is 1. The zero-order chi connectivity index (χ0) is 13.9. The predicted octanol–water partition coefficient (Wildman–Crippen LogP) is -0.139. The van der Waals surface area contributed by atoms with Crippen LogP contribution in [0, 0.1) is 0 Å². The molecule has 0 atom stereocenters. The Balaban J connectivity index is 1.32. The molecule has 0 saturated carbocycles. The first kappa shape index (κ1) is 14.7. The van der Waals surface area contributed by atoms with Crippen LogP contribution in [0.1, 0.15) is 12.8 Å². The first-order valence-electron chi connectivity index (χ1n) is 8.26. The van der Waals surface area contributed by atoms with Gasteiger partial charge in [-0.15, -0.1) is 0 Å². The van der Waals surface area contributed by atoms with E-state index in [0.29, 0.717) is 0 Å². The zero-order valence-corrected chi connectivity index (χ0v) is 13.3. The topological polar surface area (TPSA) is 16.2 Å². The van der Waals surface area contributed by atoms with Crippen LogP contribution in [0.15, 0.2) is 0 Å². The molecule has 0 aliphatic carbocycles. The van der Waals surface area contributed by atoms with Gasteiger partial charge in [0.15, 0.2) is 0 Å². The van der Waals surface area contributed by atoms with Gasteiger partial charge in [0.05, 0.1) is 13.3 Å². The Morgan fingerprint density at radius 3 is 1.90 bits per heavy atom. The smallest absolute Gasteiger partial charge is 0.0527 e. The maximum atomic E-state index is 2.75. The molecule has 0 unspecified atom stereocenters. The molecule has 0 aromatic heterocycles. The van der Waals surface area contributed by atoms with Crippen molar-refractivity contribution >= 4 is 0 Å². The summed E-state index contributed by atoms with van der Waals surface area (Å²) in [7, 11) is 4.44. The van der Waals surface area contributed by atoms with E-state index >= 15 is 0 Å². The monoisotopic (exact) mass is 281 g/mol. The highest BCUT2D eigenvalue weighted by atomic mass is 15.5. The first-order valence-corrected chi connectivity index (χ1v) is 8.26. The molecule has 5 nitrogen and oxygen atoms in total. The normalized spacial score (nSPS) is 29.7. The third-order valence-corrected chi connectivity index (χ3v) is 5.23. The molecule has 5 heteroatoms. The second-order valence-corrected chi connectivity index (χ2v) is 6.95. The van der Waals surface area contributed by atoms with Gasteiger partial charge >= 0.3 is 0 Å². The summed E-state index contributed by atoms with van der Waals surface area (Å²) in [6, 6.07) is 0.859. The van der Waals surface area contributed by atoms with Crippen LogP contribution in [0.25, 0.3) is 0 Å². The molecule has 0 amide bonds. The molecule has 3 saturated heterocycles. The molecule has 3 rings (SSSR count). The molecule has 0 aromatic carbocycles. The number of rotatable bonds is 4. The van der Waals surface area contributed by atoms with Crippen LogP contribution in [0.2, 0.25) is 0 Å². The van der Waals surface area contributed by atoms with Gasteiger partial charge in [-0.2, -0.15) is 0 Å². The quantitative estimate of drug-likeness (QED) is 0.711. The second-order valence-electron chi connectivity index (χ2n) is 6.95. The van der Waals surface area contributed by atoms with Crippen LogP contribution in [-0.4, -0.2) is 110 Å². The number of hydrogen-bond acceptors (Lipinski definition) is 5. The minimum Gasteiger partial charge on any atom is -0.306 e. The molecule has 3 fully saturated rings. The number of piperazine rings is 1. The average molecular weight is 281 g/mol. The van der Waals surface area contributed by atoms with E-state index in [-0.39, 0.29) is 0 Å². The summed E-state index contributed by atoms with van der Waals surface area (Å²) in [5.41, 5.74) is 0. The highest BCUT2D eigenvalue weighted by molar-refractivity contribution is 4.83. The van der Waals surface area contributed by atoms with Crippen molar-refractivity contribution in [1.82, 2.24) is 24.5 Å². The van der Waals surface area contributed by atoms with Gasteiger partial charge in [-0.25, -0.2) is 0 Å². The van der Waals surface area contributed by atoms with Gasteiger partial charge in [0, 0.05) is 45.3 Å². The molecule has 3 aliphatic rings. The third kappa shape index (κ3) is 3.71. The fourth-order valence-corrected chi connectivity index (χ4v) is 3.78. The third-order valence-electron chi connectivity index (χ3n) is 5.23. The van der Waals surface area contributed by atoms with Crippen molar-refractivity contribution in [3.63, 3.8) is 0 Å². The Morgan fingerprint density at radius 1 is 0.700 bits per heavy atom. The van der Waals surface area contributed by atoms with E-state index in [0.717, 1.165) is 19.4 Å². The summed E-state index contributed by atoms with van der Waals surface area (Å²) in [6.07, 6.45) is 2.74. The van der Waals surface area contributed by atoms with E-state index < -0.39 is 0 Å². The highest BCUT2D eigenvalue weighted by Crippen LogP contribution is 2.17. The maximum absolute atomic E-state index is 2.75. The van der Waals surface area contributed by atoms with Crippen molar-refractivity contribution in [3.05, 3.63) is 0 Å². The van der Waals surface area contributed by atoms with Gasteiger partial charge in [0.1, 0.15) is 0 Å². The Kier molecular flexibility index (Phi) is 4.94. The lowest BCUT2D eigenvalue weighted by molar-refractivity contribution is -0.0191. The molecule has 116 valence electrons. The van der Waals surface area contributed by atoms with Gasteiger partial charge in [0.2, 0.25) is 0 Å². The van der Waals surface area contributed by atoms with Crippen molar-refractivity contribution in [2.24, 2.45) is 0 Å². The van der Waals surface area contributed by atoms with Crippen molar-refractivity contribution < 1.29 is 0 Å². The van der Waals surface area contributed by atoms with Gasteiger partial charge in [-0.1, -0.05) is 0 Å². The summed E-state index contributed by atoms with van der Waals surface area (Å²) in [6.45, 7) is 12.5. The van der Waals surface area contributed by atoms with Gasteiger partial charge in [0.25, 0.3) is 0 Å². The van der Waals surface area contributed by atoms with Crippen molar-refractivity contribution in [1.29, 1.82) is 0 Å². The zero-order valence-electron chi connectivity index (χ0n) is 13.3. The molecular weight excluding hydrogens is 250 g/mol. The lowest BCUT2D eigenvalue weighted by atomic mass is 10.0. The molecule has 0 aromatic rings. The van der Waals surface area contributed by atoms with Crippen LogP contribution >= 0.6 is 0 Å². The van der Waals surface area contributed by atoms with Crippen LogP contribution in [0.3, 0.4) is 0 Å². The molecule has 0 radical (unpaired) electrons. The highest BCUT2D eigenvalue weighted by Gasteiger charge is 2.27. The first-order chi connectivity index (χ1) is 9.70. The number of nitrogens with zero attached hydrogens (tertiary/aromatic N) is 5. The summed E-state index contributed by atoms with van der Waals surface area (Å²) < 4.78 is 0.